The van der Waals surface area contributed by atoms with Gasteiger partial charge in [-0.3, -0.25) is 0 Å². The van der Waals surface area contributed by atoms with Crippen molar-refractivity contribution < 1.29 is 20.4 Å². The molecule has 0 spiro atoms. The van der Waals surface area contributed by atoms with Crippen LogP contribution < -0.4 is 0 Å². The minimum absolute atomic E-state index is 0.411. The van der Waals surface area contributed by atoms with Gasteiger partial charge in [-0.2, -0.15) is 0 Å². The zero-order chi connectivity index (χ0) is 28.6. The van der Waals surface area contributed by atoms with Gasteiger partial charge < -0.3 is 20.4 Å². The summed E-state index contributed by atoms with van der Waals surface area (Å²) in [5.74, 6) is 4.50. The molecule has 0 saturated heterocycles. The van der Waals surface area contributed by atoms with Gasteiger partial charge in [-0.15, -0.1) is 0 Å². The molecule has 0 unspecified atom stereocenters. The Kier molecular flexibility index (Phi) is 7.95. The molecule has 4 N–H and O–H groups in total. The number of aliphatic hydroxyl groups is 4. The largest absolute Gasteiger partial charge is 0.394 e. The third kappa shape index (κ3) is 4.42. The Morgan fingerprint density at radius 2 is 1.26 bits per heavy atom. The van der Waals surface area contributed by atoms with Gasteiger partial charge in [-0.25, -0.2) is 0 Å². The Morgan fingerprint density at radius 1 is 0.641 bits per heavy atom. The molecule has 0 aliphatic heterocycles. The Hall–Kier alpha value is -0.160. The molecule has 0 amide bonds. The van der Waals surface area contributed by atoms with Gasteiger partial charge in [0.15, 0.2) is 0 Å². The van der Waals surface area contributed by atoms with Gasteiger partial charge >= 0.3 is 0 Å². The average molecular weight is 547 g/mol. The van der Waals surface area contributed by atoms with Crippen LogP contribution in [0.3, 0.4) is 0 Å². The molecule has 5 aliphatic rings. The van der Waals surface area contributed by atoms with E-state index < -0.39 is 24.9 Å². The monoisotopic (exact) mass is 546 g/mol. The highest BCUT2D eigenvalue weighted by Crippen LogP contribution is 2.78. The number of hydrogen-bond donors (Lipinski definition) is 4. The second-order valence-corrected chi connectivity index (χ2v) is 17.2. The van der Waals surface area contributed by atoms with Crippen molar-refractivity contribution in [2.24, 2.45) is 62.6 Å². The molecule has 39 heavy (non-hydrogen) atoms. The summed E-state index contributed by atoms with van der Waals surface area (Å²) < 4.78 is 0. The highest BCUT2D eigenvalue weighted by Gasteiger charge is 2.70. The maximum absolute atomic E-state index is 10.4. The van der Waals surface area contributed by atoms with Crippen LogP contribution in [0.4, 0.5) is 0 Å². The first kappa shape index (κ1) is 30.3. The molecule has 5 aliphatic carbocycles. The van der Waals surface area contributed by atoms with Crippen LogP contribution in [-0.4, -0.2) is 45.3 Å². The molecule has 4 heteroatoms. The Morgan fingerprint density at radius 3 is 1.90 bits per heavy atom. The van der Waals surface area contributed by atoms with Crippen LogP contribution in [-0.2, 0) is 0 Å². The third-order valence-electron chi connectivity index (χ3n) is 15.4. The number of hydrogen-bond acceptors (Lipinski definition) is 4. The molecular formula is C35H62O4. The topological polar surface area (TPSA) is 80.9 Å². The summed E-state index contributed by atoms with van der Waals surface area (Å²) in [7, 11) is 0. The molecule has 226 valence electrons. The van der Waals surface area contributed by atoms with E-state index in [1.807, 2.05) is 0 Å². The lowest BCUT2D eigenvalue weighted by atomic mass is 9.32. The Balaban J connectivity index is 1.33. The van der Waals surface area contributed by atoms with Gasteiger partial charge in [0.1, 0.15) is 12.2 Å². The quantitative estimate of drug-likeness (QED) is 0.278. The maximum Gasteiger partial charge on any atom is 0.108 e. The minimum Gasteiger partial charge on any atom is -0.394 e. The highest BCUT2D eigenvalue weighted by atomic mass is 16.4. The second kappa shape index (κ2) is 10.2. The van der Waals surface area contributed by atoms with E-state index in [9.17, 15) is 15.3 Å². The van der Waals surface area contributed by atoms with E-state index in [0.29, 0.717) is 45.3 Å². The standard InChI is InChI=1S/C35H62O4/c1-22(9-10-25(37)30(39)26(38)21-36)23-13-18-32(4)24(23)14-19-34(6)28(32)11-12-29-33(5)17-8-16-31(2,3)27(33)15-20-35(29,34)7/h22-30,36-39H,8-21H2,1-7H3/t22-,23-,24+,25-,26+,27-,28-,29-,30-,32+,33+,34-,35-/m1/s1. The first-order chi connectivity index (χ1) is 18.2. The minimum atomic E-state index is -1.27. The lowest BCUT2D eigenvalue weighted by Gasteiger charge is -2.73. The van der Waals surface area contributed by atoms with Crippen molar-refractivity contribution in [3.63, 3.8) is 0 Å². The summed E-state index contributed by atoms with van der Waals surface area (Å²) >= 11 is 0. The van der Waals surface area contributed by atoms with Crippen LogP contribution >= 0.6 is 0 Å². The Labute approximate surface area is 239 Å². The van der Waals surface area contributed by atoms with E-state index in [0.717, 1.165) is 30.1 Å². The molecule has 13 atom stereocenters. The zero-order valence-electron chi connectivity index (χ0n) is 26.4. The fourth-order valence-corrected chi connectivity index (χ4v) is 13.2. The van der Waals surface area contributed by atoms with E-state index in [4.69, 9.17) is 5.11 Å². The molecule has 0 bridgehead atoms. The van der Waals surface area contributed by atoms with Crippen LogP contribution in [0.1, 0.15) is 132 Å². The second-order valence-electron chi connectivity index (χ2n) is 17.2. The summed E-state index contributed by atoms with van der Waals surface area (Å²) in [6.45, 7) is 17.9. The van der Waals surface area contributed by atoms with Gasteiger partial charge in [0.05, 0.1) is 12.7 Å². The molecular weight excluding hydrogens is 484 g/mol. The highest BCUT2D eigenvalue weighted by molar-refractivity contribution is 5.19. The van der Waals surface area contributed by atoms with Crippen molar-refractivity contribution in [1.82, 2.24) is 0 Å². The fourth-order valence-electron chi connectivity index (χ4n) is 13.2. The SMILES string of the molecule is C[C@H](CC[C@@H](O)[C@@H](O)[C@@H](O)CO)[C@H]1CC[C@]2(C)[C@H]3CC[C@@H]4[C@@]5(C)CCCC(C)(C)[C@H]5CC[C@@]4(C)[C@]3(C)CC[C@@H]12. The molecule has 5 fully saturated rings. The molecule has 0 heterocycles. The number of aliphatic hydroxyl groups excluding tert-OH is 4. The van der Waals surface area contributed by atoms with E-state index in [1.165, 1.54) is 70.6 Å². The molecule has 5 saturated carbocycles. The number of rotatable bonds is 7. The van der Waals surface area contributed by atoms with E-state index in [1.54, 1.807) is 0 Å². The summed E-state index contributed by atoms with van der Waals surface area (Å²) in [6, 6.07) is 0. The van der Waals surface area contributed by atoms with Gasteiger partial charge in [0.25, 0.3) is 0 Å². The summed E-state index contributed by atoms with van der Waals surface area (Å²) in [5, 5.41) is 39.5. The van der Waals surface area contributed by atoms with Gasteiger partial charge in [-0.1, -0.05) is 54.9 Å². The third-order valence-corrected chi connectivity index (χ3v) is 15.4. The molecule has 0 aromatic rings. The van der Waals surface area contributed by atoms with Crippen LogP contribution in [0.5, 0.6) is 0 Å². The summed E-state index contributed by atoms with van der Waals surface area (Å²) in [6.07, 6.45) is 13.2. The van der Waals surface area contributed by atoms with Crippen molar-refractivity contribution in [1.29, 1.82) is 0 Å². The first-order valence-corrected chi connectivity index (χ1v) is 16.8. The first-order valence-electron chi connectivity index (χ1n) is 16.8. The van der Waals surface area contributed by atoms with Crippen molar-refractivity contribution in [2.45, 2.75) is 150 Å². The average Bonchev–Trinajstić information content (AvgIpc) is 3.23. The molecule has 0 aromatic carbocycles. The summed E-state index contributed by atoms with van der Waals surface area (Å²) in [4.78, 5) is 0. The van der Waals surface area contributed by atoms with Crippen molar-refractivity contribution >= 4 is 0 Å². The van der Waals surface area contributed by atoms with Crippen LogP contribution in [0.25, 0.3) is 0 Å². The lowest BCUT2D eigenvalue weighted by molar-refractivity contribution is -0.241. The fraction of sp³-hybridized carbons (Fsp3) is 1.00. The number of fused-ring (bicyclic) bond motifs is 7. The maximum atomic E-state index is 10.4. The van der Waals surface area contributed by atoms with Gasteiger partial charge in [-0.05, 0) is 140 Å². The zero-order valence-corrected chi connectivity index (χ0v) is 26.4. The lowest BCUT2D eigenvalue weighted by Crippen LogP contribution is -2.65. The van der Waals surface area contributed by atoms with E-state index >= 15 is 0 Å². The van der Waals surface area contributed by atoms with Crippen LogP contribution in [0.15, 0.2) is 0 Å². The van der Waals surface area contributed by atoms with E-state index in [2.05, 4.69) is 48.5 Å². The molecule has 5 rings (SSSR count). The Bertz CT molecular complexity index is 888. The smallest absolute Gasteiger partial charge is 0.108 e. The van der Waals surface area contributed by atoms with Crippen molar-refractivity contribution in [2.75, 3.05) is 6.61 Å². The predicted octanol–water partition coefficient (Wildman–Crippen LogP) is 6.97. The van der Waals surface area contributed by atoms with Gasteiger partial charge in [0.2, 0.25) is 0 Å². The van der Waals surface area contributed by atoms with Crippen molar-refractivity contribution in [3.05, 3.63) is 0 Å². The normalized spacial score (nSPS) is 50.1. The van der Waals surface area contributed by atoms with Gasteiger partial charge in [0, 0.05) is 0 Å². The van der Waals surface area contributed by atoms with Crippen molar-refractivity contribution in [3.8, 4) is 0 Å². The molecule has 0 aromatic heterocycles. The molecule has 4 nitrogen and oxygen atoms in total. The van der Waals surface area contributed by atoms with Crippen LogP contribution in [0.2, 0.25) is 0 Å². The van der Waals surface area contributed by atoms with E-state index in [-0.39, 0.29) is 0 Å². The molecule has 0 radical (unpaired) electrons. The van der Waals surface area contributed by atoms with Crippen LogP contribution in [0, 0.1) is 62.6 Å². The summed E-state index contributed by atoms with van der Waals surface area (Å²) in [5.41, 5.74) is 2.27. The predicted molar refractivity (Wildman–Crippen MR) is 158 cm³/mol.